The highest BCUT2D eigenvalue weighted by molar-refractivity contribution is 5.95. The predicted molar refractivity (Wildman–Crippen MR) is 105 cm³/mol. The Hall–Kier alpha value is -2.84. The summed E-state index contributed by atoms with van der Waals surface area (Å²) in [4.78, 5) is 24.5. The molecule has 0 spiro atoms. The third kappa shape index (κ3) is 5.20. The Morgan fingerprint density at radius 3 is 2.33 bits per heavy atom. The van der Waals surface area contributed by atoms with E-state index in [4.69, 9.17) is 0 Å². The highest BCUT2D eigenvalue weighted by Gasteiger charge is 2.40. The lowest BCUT2D eigenvalue weighted by molar-refractivity contribution is -0.143. The van der Waals surface area contributed by atoms with Crippen molar-refractivity contribution in [2.45, 2.75) is 45.2 Å². The SMILES string of the molecule is Cc1ccc(-n2ncc(C(=O)NCCNC(=O)C3CCCCC3)c2C(F)(F)F)cc1. The number of rotatable bonds is 6. The Kier molecular flexibility index (Phi) is 6.79. The average Bonchev–Trinajstić information content (AvgIpc) is 3.18. The summed E-state index contributed by atoms with van der Waals surface area (Å²) in [6.07, 6.45) is 1.05. The largest absolute Gasteiger partial charge is 0.434 e. The van der Waals surface area contributed by atoms with Gasteiger partial charge in [-0.25, -0.2) is 4.68 Å². The van der Waals surface area contributed by atoms with Crippen molar-refractivity contribution in [3.05, 3.63) is 47.3 Å². The molecule has 1 aromatic heterocycles. The molecule has 0 unspecified atom stereocenters. The zero-order valence-electron chi connectivity index (χ0n) is 16.8. The van der Waals surface area contributed by atoms with Gasteiger partial charge in [-0.05, 0) is 31.9 Å². The highest BCUT2D eigenvalue weighted by Crippen LogP contribution is 2.33. The van der Waals surface area contributed by atoms with Crippen LogP contribution in [0.3, 0.4) is 0 Å². The fourth-order valence-corrected chi connectivity index (χ4v) is 3.64. The Balaban J connectivity index is 1.64. The molecule has 2 aromatic rings. The lowest BCUT2D eigenvalue weighted by Gasteiger charge is -2.20. The van der Waals surface area contributed by atoms with Gasteiger partial charge < -0.3 is 10.6 Å². The molecule has 0 bridgehead atoms. The Labute approximate surface area is 172 Å². The number of amides is 2. The summed E-state index contributed by atoms with van der Waals surface area (Å²) in [6.45, 7) is 2.02. The number of hydrogen-bond donors (Lipinski definition) is 2. The van der Waals surface area contributed by atoms with Gasteiger partial charge in [0.05, 0.1) is 17.4 Å². The minimum Gasteiger partial charge on any atom is -0.354 e. The Morgan fingerprint density at radius 1 is 1.07 bits per heavy atom. The highest BCUT2D eigenvalue weighted by atomic mass is 19.4. The van der Waals surface area contributed by atoms with Crippen LogP contribution in [0.4, 0.5) is 13.2 Å². The van der Waals surface area contributed by atoms with Crippen molar-refractivity contribution >= 4 is 11.8 Å². The number of halogens is 3. The Morgan fingerprint density at radius 2 is 1.70 bits per heavy atom. The van der Waals surface area contributed by atoms with Gasteiger partial charge in [0.15, 0.2) is 5.69 Å². The summed E-state index contributed by atoms with van der Waals surface area (Å²) >= 11 is 0. The molecule has 9 heteroatoms. The third-order valence-electron chi connectivity index (χ3n) is 5.25. The van der Waals surface area contributed by atoms with Gasteiger partial charge in [-0.2, -0.15) is 18.3 Å². The van der Waals surface area contributed by atoms with Crippen LogP contribution in [0.15, 0.2) is 30.5 Å². The van der Waals surface area contributed by atoms with Gasteiger partial charge in [0.1, 0.15) is 0 Å². The topological polar surface area (TPSA) is 76.0 Å². The van der Waals surface area contributed by atoms with Crippen molar-refractivity contribution in [2.24, 2.45) is 5.92 Å². The molecule has 162 valence electrons. The second-order valence-electron chi connectivity index (χ2n) is 7.53. The van der Waals surface area contributed by atoms with Crippen LogP contribution >= 0.6 is 0 Å². The maximum atomic E-state index is 13.7. The predicted octanol–water partition coefficient (Wildman–Crippen LogP) is 3.63. The van der Waals surface area contributed by atoms with E-state index in [0.29, 0.717) is 0 Å². The molecule has 1 saturated carbocycles. The number of alkyl halides is 3. The normalized spacial score (nSPS) is 15.1. The van der Waals surface area contributed by atoms with Crippen molar-refractivity contribution in [3.8, 4) is 5.69 Å². The molecule has 3 rings (SSSR count). The molecule has 0 radical (unpaired) electrons. The monoisotopic (exact) mass is 422 g/mol. The minimum absolute atomic E-state index is 0.0148. The summed E-state index contributed by atoms with van der Waals surface area (Å²) in [5, 5.41) is 8.97. The van der Waals surface area contributed by atoms with E-state index >= 15 is 0 Å². The molecule has 1 aromatic carbocycles. The molecule has 1 aliphatic carbocycles. The first-order valence-corrected chi connectivity index (χ1v) is 10.1. The first-order valence-electron chi connectivity index (χ1n) is 10.1. The lowest BCUT2D eigenvalue weighted by Crippen LogP contribution is -2.38. The van der Waals surface area contributed by atoms with Gasteiger partial charge in [0.25, 0.3) is 5.91 Å². The number of carbonyl (C=O) groups excluding carboxylic acids is 2. The zero-order valence-corrected chi connectivity index (χ0v) is 16.8. The number of hydrogen-bond acceptors (Lipinski definition) is 3. The van der Waals surface area contributed by atoms with Crippen molar-refractivity contribution in [1.29, 1.82) is 0 Å². The first-order chi connectivity index (χ1) is 14.3. The average molecular weight is 422 g/mol. The second kappa shape index (κ2) is 9.32. The summed E-state index contributed by atoms with van der Waals surface area (Å²) < 4.78 is 41.7. The van der Waals surface area contributed by atoms with Crippen molar-refractivity contribution in [1.82, 2.24) is 20.4 Å². The first kappa shape index (κ1) is 21.9. The van der Waals surface area contributed by atoms with Crippen LogP contribution in [0.1, 0.15) is 53.7 Å². The molecule has 0 saturated heterocycles. The molecule has 0 aliphatic heterocycles. The molecular weight excluding hydrogens is 397 g/mol. The second-order valence-corrected chi connectivity index (χ2v) is 7.53. The van der Waals surface area contributed by atoms with Gasteiger partial charge >= 0.3 is 6.18 Å². The summed E-state index contributed by atoms with van der Waals surface area (Å²) in [7, 11) is 0. The van der Waals surface area contributed by atoms with Crippen LogP contribution in [0.2, 0.25) is 0 Å². The fourth-order valence-electron chi connectivity index (χ4n) is 3.64. The molecular formula is C21H25F3N4O2. The molecule has 0 atom stereocenters. The van der Waals surface area contributed by atoms with Crippen molar-refractivity contribution < 1.29 is 22.8 Å². The maximum Gasteiger partial charge on any atom is 0.434 e. The molecule has 30 heavy (non-hydrogen) atoms. The molecule has 1 aliphatic rings. The summed E-state index contributed by atoms with van der Waals surface area (Å²) in [5.74, 6) is -0.959. The van der Waals surface area contributed by atoms with Crippen molar-refractivity contribution in [2.75, 3.05) is 13.1 Å². The number of nitrogens with one attached hydrogen (secondary N) is 2. The van der Waals surface area contributed by atoms with Gasteiger partial charge in [-0.3, -0.25) is 9.59 Å². The molecule has 1 fully saturated rings. The van der Waals surface area contributed by atoms with Crippen molar-refractivity contribution in [3.63, 3.8) is 0 Å². The third-order valence-corrected chi connectivity index (χ3v) is 5.25. The van der Waals surface area contributed by atoms with E-state index in [1.54, 1.807) is 12.1 Å². The van der Waals surface area contributed by atoms with Crippen LogP contribution in [-0.4, -0.2) is 34.7 Å². The van der Waals surface area contributed by atoms with E-state index in [9.17, 15) is 22.8 Å². The summed E-state index contributed by atoms with van der Waals surface area (Å²) in [6, 6.07) is 6.37. The quantitative estimate of drug-likeness (QED) is 0.698. The van der Waals surface area contributed by atoms with E-state index in [-0.39, 0.29) is 30.6 Å². The van der Waals surface area contributed by atoms with Gasteiger partial charge in [-0.1, -0.05) is 37.0 Å². The van der Waals surface area contributed by atoms with Crippen LogP contribution in [0, 0.1) is 12.8 Å². The number of aromatic nitrogens is 2. The molecule has 1 heterocycles. The van der Waals surface area contributed by atoms with E-state index in [0.717, 1.165) is 48.5 Å². The van der Waals surface area contributed by atoms with Crippen LogP contribution < -0.4 is 10.6 Å². The van der Waals surface area contributed by atoms with E-state index in [2.05, 4.69) is 15.7 Å². The minimum atomic E-state index is -4.76. The van der Waals surface area contributed by atoms with E-state index < -0.39 is 23.3 Å². The zero-order chi connectivity index (χ0) is 21.7. The van der Waals surface area contributed by atoms with Gasteiger partial charge in [-0.15, -0.1) is 0 Å². The number of carbonyl (C=O) groups is 2. The number of nitrogens with zero attached hydrogens (tertiary/aromatic N) is 2. The van der Waals surface area contributed by atoms with Gasteiger partial charge in [0, 0.05) is 19.0 Å². The van der Waals surface area contributed by atoms with Crippen LogP contribution in [-0.2, 0) is 11.0 Å². The molecule has 6 nitrogen and oxygen atoms in total. The van der Waals surface area contributed by atoms with E-state index in [1.165, 1.54) is 12.1 Å². The van der Waals surface area contributed by atoms with Crippen LogP contribution in [0.5, 0.6) is 0 Å². The molecule has 2 amide bonds. The standard InChI is InChI=1S/C21H25F3N4O2/c1-14-7-9-16(10-8-14)28-18(21(22,23)24)17(13-27-28)20(30)26-12-11-25-19(29)15-5-3-2-4-6-15/h7-10,13,15H,2-6,11-12H2,1H3,(H,25,29)(H,26,30). The number of benzene rings is 1. The number of aryl methyl sites for hydroxylation is 1. The lowest BCUT2D eigenvalue weighted by atomic mass is 9.89. The van der Waals surface area contributed by atoms with Gasteiger partial charge in [0.2, 0.25) is 5.91 Å². The maximum absolute atomic E-state index is 13.7. The smallest absolute Gasteiger partial charge is 0.354 e. The van der Waals surface area contributed by atoms with Crippen LogP contribution in [0.25, 0.3) is 5.69 Å². The van der Waals surface area contributed by atoms with E-state index in [1.807, 2.05) is 6.92 Å². The fraction of sp³-hybridized carbons (Fsp3) is 0.476. The Bertz CT molecular complexity index is 885. The summed E-state index contributed by atoms with van der Waals surface area (Å²) in [5.41, 5.74) is -0.573. The molecule has 2 N–H and O–H groups in total.